The first-order valence-corrected chi connectivity index (χ1v) is 7.61. The van der Waals surface area contributed by atoms with E-state index in [4.69, 9.17) is 5.73 Å². The predicted molar refractivity (Wildman–Crippen MR) is 82.4 cm³/mol. The Morgan fingerprint density at radius 2 is 2.16 bits per heavy atom. The number of thioether (sulfide) groups is 1. The van der Waals surface area contributed by atoms with E-state index >= 15 is 0 Å². The van der Waals surface area contributed by atoms with Crippen molar-refractivity contribution in [3.63, 3.8) is 0 Å². The van der Waals surface area contributed by atoms with Crippen LogP contribution in [0.1, 0.15) is 37.6 Å². The van der Waals surface area contributed by atoms with Crippen molar-refractivity contribution >= 4 is 17.4 Å². The summed E-state index contributed by atoms with van der Waals surface area (Å²) < 4.78 is 2.05. The van der Waals surface area contributed by atoms with Crippen molar-refractivity contribution in [3.8, 4) is 0 Å². The Balaban J connectivity index is 1.98. The van der Waals surface area contributed by atoms with E-state index in [1.807, 2.05) is 17.7 Å². The van der Waals surface area contributed by atoms with Crippen LogP contribution >= 0.6 is 11.8 Å². The summed E-state index contributed by atoms with van der Waals surface area (Å²) >= 11 is 1.80. The number of hydrogen-bond acceptors (Lipinski definition) is 3. The lowest BCUT2D eigenvalue weighted by molar-refractivity contribution is 0.475. The van der Waals surface area contributed by atoms with Crippen molar-refractivity contribution < 1.29 is 0 Å². The third-order valence-electron chi connectivity index (χ3n) is 3.33. The van der Waals surface area contributed by atoms with E-state index in [1.165, 1.54) is 4.90 Å². The molecule has 1 heterocycles. The zero-order valence-electron chi connectivity index (χ0n) is 11.8. The second-order valence-electron chi connectivity index (χ2n) is 4.85. The highest BCUT2D eigenvalue weighted by atomic mass is 32.2. The van der Waals surface area contributed by atoms with Crippen LogP contribution in [0.2, 0.25) is 0 Å². The van der Waals surface area contributed by atoms with Crippen LogP contribution in [0.3, 0.4) is 0 Å². The SMILES string of the molecule is CCC(C)n1ccc(CSc2ccc(N)c(C)c2)n1. The van der Waals surface area contributed by atoms with Gasteiger partial charge >= 0.3 is 0 Å². The van der Waals surface area contributed by atoms with Crippen molar-refractivity contribution in [2.45, 2.75) is 43.9 Å². The van der Waals surface area contributed by atoms with E-state index in [0.29, 0.717) is 6.04 Å². The first-order chi connectivity index (χ1) is 9.10. The minimum Gasteiger partial charge on any atom is -0.399 e. The summed E-state index contributed by atoms with van der Waals surface area (Å²) in [5.41, 5.74) is 8.93. The van der Waals surface area contributed by atoms with Gasteiger partial charge in [0.05, 0.1) is 5.69 Å². The van der Waals surface area contributed by atoms with Gasteiger partial charge < -0.3 is 5.73 Å². The fourth-order valence-corrected chi connectivity index (χ4v) is 2.68. The number of aryl methyl sites for hydroxylation is 1. The molecule has 3 nitrogen and oxygen atoms in total. The normalized spacial score (nSPS) is 12.6. The van der Waals surface area contributed by atoms with Crippen LogP contribution in [0.4, 0.5) is 5.69 Å². The Labute approximate surface area is 119 Å². The molecule has 0 aliphatic rings. The van der Waals surface area contributed by atoms with Gasteiger partial charge in [-0.05, 0) is 50.1 Å². The molecule has 19 heavy (non-hydrogen) atoms. The van der Waals surface area contributed by atoms with Gasteiger partial charge in [-0.2, -0.15) is 5.10 Å². The van der Waals surface area contributed by atoms with Crippen molar-refractivity contribution in [1.82, 2.24) is 9.78 Å². The highest BCUT2D eigenvalue weighted by molar-refractivity contribution is 7.98. The summed E-state index contributed by atoms with van der Waals surface area (Å²) in [7, 11) is 0. The fraction of sp³-hybridized carbons (Fsp3) is 0.400. The Morgan fingerprint density at radius 1 is 1.37 bits per heavy atom. The lowest BCUT2D eigenvalue weighted by Gasteiger charge is -2.08. The maximum absolute atomic E-state index is 5.82. The van der Waals surface area contributed by atoms with Crippen molar-refractivity contribution in [3.05, 3.63) is 41.7 Å². The zero-order valence-corrected chi connectivity index (χ0v) is 12.6. The third-order valence-corrected chi connectivity index (χ3v) is 4.36. The molecule has 0 saturated carbocycles. The number of nitrogen functional groups attached to an aromatic ring is 1. The molecule has 0 amide bonds. The molecule has 1 atom stereocenters. The van der Waals surface area contributed by atoms with Crippen LogP contribution in [0.5, 0.6) is 0 Å². The van der Waals surface area contributed by atoms with Crippen molar-refractivity contribution in [1.29, 1.82) is 0 Å². The highest BCUT2D eigenvalue weighted by Gasteiger charge is 2.05. The third kappa shape index (κ3) is 3.53. The summed E-state index contributed by atoms with van der Waals surface area (Å²) in [5, 5.41) is 4.61. The Morgan fingerprint density at radius 3 is 2.84 bits per heavy atom. The number of nitrogens with two attached hydrogens (primary N) is 1. The molecule has 1 unspecified atom stereocenters. The fourth-order valence-electron chi connectivity index (χ4n) is 1.78. The van der Waals surface area contributed by atoms with Gasteiger partial charge in [0.1, 0.15) is 0 Å². The smallest absolute Gasteiger partial charge is 0.0727 e. The minimum atomic E-state index is 0.470. The molecule has 0 aliphatic heterocycles. The maximum Gasteiger partial charge on any atom is 0.0727 e. The summed E-state index contributed by atoms with van der Waals surface area (Å²) in [6.07, 6.45) is 3.17. The second-order valence-corrected chi connectivity index (χ2v) is 5.90. The average molecular weight is 275 g/mol. The van der Waals surface area contributed by atoms with Crippen LogP contribution in [0.15, 0.2) is 35.4 Å². The Hall–Kier alpha value is -1.42. The Kier molecular flexibility index (Phi) is 4.53. The van der Waals surface area contributed by atoms with E-state index in [1.54, 1.807) is 11.8 Å². The van der Waals surface area contributed by atoms with Crippen LogP contribution in [0, 0.1) is 6.92 Å². The number of anilines is 1. The molecular formula is C15H21N3S. The van der Waals surface area contributed by atoms with E-state index in [-0.39, 0.29) is 0 Å². The van der Waals surface area contributed by atoms with Crippen molar-refractivity contribution in [2.75, 3.05) is 5.73 Å². The van der Waals surface area contributed by atoms with Gasteiger partial charge in [-0.1, -0.05) is 6.92 Å². The van der Waals surface area contributed by atoms with Crippen molar-refractivity contribution in [2.24, 2.45) is 0 Å². The van der Waals surface area contributed by atoms with Gasteiger partial charge in [0.2, 0.25) is 0 Å². The van der Waals surface area contributed by atoms with E-state index in [0.717, 1.165) is 29.1 Å². The molecule has 102 valence electrons. The molecule has 0 aliphatic carbocycles. The number of aromatic nitrogens is 2. The number of hydrogen-bond donors (Lipinski definition) is 1. The molecule has 2 rings (SSSR count). The van der Waals surface area contributed by atoms with E-state index < -0.39 is 0 Å². The average Bonchev–Trinajstić information content (AvgIpc) is 2.88. The molecular weight excluding hydrogens is 254 g/mol. The summed E-state index contributed by atoms with van der Waals surface area (Å²) in [5.74, 6) is 0.896. The first-order valence-electron chi connectivity index (χ1n) is 6.63. The molecule has 2 aromatic rings. The molecule has 0 saturated heterocycles. The quantitative estimate of drug-likeness (QED) is 0.661. The summed E-state index contributed by atoms with van der Waals surface area (Å²) in [4.78, 5) is 1.24. The lowest BCUT2D eigenvalue weighted by atomic mass is 10.2. The second kappa shape index (κ2) is 6.15. The predicted octanol–water partition coefficient (Wildman–Crippen LogP) is 4.04. The Bertz CT molecular complexity index is 548. The number of nitrogens with zero attached hydrogens (tertiary/aromatic N) is 2. The zero-order chi connectivity index (χ0) is 13.8. The van der Waals surface area contributed by atoms with E-state index in [9.17, 15) is 0 Å². The lowest BCUT2D eigenvalue weighted by Crippen LogP contribution is -2.04. The molecule has 1 aromatic heterocycles. The van der Waals surface area contributed by atoms with Crippen LogP contribution in [-0.2, 0) is 5.75 Å². The molecule has 0 bridgehead atoms. The van der Waals surface area contributed by atoms with Gasteiger partial charge in [-0.25, -0.2) is 0 Å². The monoisotopic (exact) mass is 275 g/mol. The highest BCUT2D eigenvalue weighted by Crippen LogP contribution is 2.25. The summed E-state index contributed by atoms with van der Waals surface area (Å²) in [6.45, 7) is 6.40. The van der Waals surface area contributed by atoms with Crippen LogP contribution < -0.4 is 5.73 Å². The van der Waals surface area contributed by atoms with Gasteiger partial charge in [0, 0.05) is 28.6 Å². The molecule has 4 heteroatoms. The molecule has 0 spiro atoms. The topological polar surface area (TPSA) is 43.8 Å². The first kappa shape index (κ1) is 14.0. The maximum atomic E-state index is 5.82. The van der Waals surface area contributed by atoms with Gasteiger partial charge in [0.25, 0.3) is 0 Å². The molecule has 2 N–H and O–H groups in total. The minimum absolute atomic E-state index is 0.470. The summed E-state index contributed by atoms with van der Waals surface area (Å²) in [6, 6.07) is 8.74. The molecule has 0 fully saturated rings. The number of rotatable bonds is 5. The largest absolute Gasteiger partial charge is 0.399 e. The molecule has 1 aromatic carbocycles. The van der Waals surface area contributed by atoms with Crippen LogP contribution in [-0.4, -0.2) is 9.78 Å². The van der Waals surface area contributed by atoms with Crippen LogP contribution in [0.25, 0.3) is 0 Å². The molecule has 0 radical (unpaired) electrons. The van der Waals surface area contributed by atoms with E-state index in [2.05, 4.69) is 43.3 Å². The van der Waals surface area contributed by atoms with Gasteiger partial charge in [-0.3, -0.25) is 4.68 Å². The standard InChI is InChI=1S/C15H21N3S/c1-4-12(3)18-8-7-13(17-18)10-19-14-5-6-15(16)11(2)9-14/h5-9,12H,4,10,16H2,1-3H3. The van der Waals surface area contributed by atoms with Gasteiger partial charge in [0.15, 0.2) is 0 Å². The van der Waals surface area contributed by atoms with Gasteiger partial charge in [-0.15, -0.1) is 11.8 Å². The number of benzene rings is 1.